The Balaban J connectivity index is 2.00. The Kier molecular flexibility index (Phi) is 7.22. The summed E-state index contributed by atoms with van der Waals surface area (Å²) in [6.45, 7) is 6.52. The van der Waals surface area contributed by atoms with Crippen LogP contribution in [-0.4, -0.2) is 24.2 Å². The van der Waals surface area contributed by atoms with E-state index in [-0.39, 0.29) is 11.5 Å². The zero-order chi connectivity index (χ0) is 20.0. The SMILES string of the molecule is COC(=O)c1ccc(Cl)c(NC(=S)N[C@@H](C)CC(C)(C)c2ccccc2)c1. The Morgan fingerprint density at radius 2 is 1.89 bits per heavy atom. The first-order valence-electron chi connectivity index (χ1n) is 8.74. The molecule has 0 amide bonds. The second-order valence-electron chi connectivity index (χ2n) is 7.14. The van der Waals surface area contributed by atoms with Crippen LogP contribution in [0.2, 0.25) is 5.02 Å². The van der Waals surface area contributed by atoms with Gasteiger partial charge in [-0.25, -0.2) is 4.79 Å². The summed E-state index contributed by atoms with van der Waals surface area (Å²) in [5.41, 5.74) is 2.26. The molecule has 0 spiro atoms. The summed E-state index contributed by atoms with van der Waals surface area (Å²) < 4.78 is 4.74. The third-order valence-electron chi connectivity index (χ3n) is 4.38. The summed E-state index contributed by atoms with van der Waals surface area (Å²) in [6, 6.07) is 15.4. The van der Waals surface area contributed by atoms with E-state index in [1.807, 2.05) is 6.07 Å². The fraction of sp³-hybridized carbons (Fsp3) is 0.333. The number of rotatable bonds is 6. The van der Waals surface area contributed by atoms with Crippen LogP contribution in [0.3, 0.4) is 0 Å². The lowest BCUT2D eigenvalue weighted by Gasteiger charge is -2.29. The second kappa shape index (κ2) is 9.20. The van der Waals surface area contributed by atoms with Crippen molar-refractivity contribution in [1.29, 1.82) is 0 Å². The van der Waals surface area contributed by atoms with Crippen molar-refractivity contribution in [2.45, 2.75) is 38.6 Å². The molecule has 144 valence electrons. The summed E-state index contributed by atoms with van der Waals surface area (Å²) in [6.07, 6.45) is 0.898. The number of hydrogen-bond acceptors (Lipinski definition) is 3. The van der Waals surface area contributed by atoms with Gasteiger partial charge in [0.05, 0.1) is 23.4 Å². The highest BCUT2D eigenvalue weighted by atomic mass is 35.5. The molecule has 1 atom stereocenters. The highest BCUT2D eigenvalue weighted by Gasteiger charge is 2.23. The number of carbonyl (C=O) groups is 1. The minimum atomic E-state index is -0.424. The van der Waals surface area contributed by atoms with Crippen molar-refractivity contribution in [2.75, 3.05) is 12.4 Å². The largest absolute Gasteiger partial charge is 0.465 e. The molecule has 27 heavy (non-hydrogen) atoms. The lowest BCUT2D eigenvalue weighted by atomic mass is 9.79. The predicted octanol–water partition coefficient (Wildman–Crippen LogP) is 5.17. The number of carbonyl (C=O) groups excluding carboxylic acids is 1. The van der Waals surface area contributed by atoms with Gasteiger partial charge in [-0.2, -0.15) is 0 Å². The summed E-state index contributed by atoms with van der Waals surface area (Å²) in [4.78, 5) is 11.7. The van der Waals surface area contributed by atoms with Crippen molar-refractivity contribution < 1.29 is 9.53 Å². The van der Waals surface area contributed by atoms with Gasteiger partial charge in [0.2, 0.25) is 0 Å². The number of nitrogens with one attached hydrogen (secondary N) is 2. The molecule has 0 aromatic heterocycles. The van der Waals surface area contributed by atoms with Crippen LogP contribution < -0.4 is 10.6 Å². The third-order valence-corrected chi connectivity index (χ3v) is 4.93. The first-order valence-corrected chi connectivity index (χ1v) is 9.52. The van der Waals surface area contributed by atoms with Gasteiger partial charge >= 0.3 is 5.97 Å². The van der Waals surface area contributed by atoms with Gasteiger partial charge in [-0.05, 0) is 54.7 Å². The fourth-order valence-electron chi connectivity index (χ4n) is 3.07. The maximum Gasteiger partial charge on any atom is 0.337 e. The number of esters is 1. The molecular formula is C21H25ClN2O2S. The monoisotopic (exact) mass is 404 g/mol. The van der Waals surface area contributed by atoms with Crippen molar-refractivity contribution in [3.63, 3.8) is 0 Å². The van der Waals surface area contributed by atoms with Crippen LogP contribution in [-0.2, 0) is 10.2 Å². The van der Waals surface area contributed by atoms with Gasteiger partial charge in [-0.3, -0.25) is 0 Å². The third kappa shape index (κ3) is 5.94. The molecule has 0 heterocycles. The highest BCUT2D eigenvalue weighted by Crippen LogP contribution is 2.28. The van der Waals surface area contributed by atoms with E-state index in [2.05, 4.69) is 55.7 Å². The van der Waals surface area contributed by atoms with Gasteiger partial charge in [0, 0.05) is 6.04 Å². The molecule has 2 aromatic carbocycles. The maximum atomic E-state index is 11.7. The summed E-state index contributed by atoms with van der Waals surface area (Å²) >= 11 is 11.6. The average molecular weight is 405 g/mol. The molecule has 0 bridgehead atoms. The van der Waals surface area contributed by atoms with Gasteiger partial charge in [-0.1, -0.05) is 55.8 Å². The standard InChI is InChI=1S/C21H25ClN2O2S/c1-14(13-21(2,3)16-8-6-5-7-9-16)23-20(27)24-18-12-15(19(25)26-4)10-11-17(18)22/h5-12,14H,13H2,1-4H3,(H2,23,24,27)/t14-/m0/s1. The molecule has 0 saturated heterocycles. The molecular weight excluding hydrogens is 380 g/mol. The zero-order valence-corrected chi connectivity index (χ0v) is 17.6. The van der Waals surface area contributed by atoms with Crippen LogP contribution >= 0.6 is 23.8 Å². The lowest BCUT2D eigenvalue weighted by Crippen LogP contribution is -2.39. The molecule has 0 radical (unpaired) electrons. The van der Waals surface area contributed by atoms with E-state index in [9.17, 15) is 4.79 Å². The number of methoxy groups -OCH3 is 1. The van der Waals surface area contributed by atoms with E-state index in [1.165, 1.54) is 12.7 Å². The maximum absolute atomic E-state index is 11.7. The number of ether oxygens (including phenoxy) is 1. The van der Waals surface area contributed by atoms with Crippen molar-refractivity contribution in [3.8, 4) is 0 Å². The first-order chi connectivity index (χ1) is 12.7. The molecule has 0 aliphatic heterocycles. The topological polar surface area (TPSA) is 50.4 Å². The van der Waals surface area contributed by atoms with Gasteiger partial charge in [-0.15, -0.1) is 0 Å². The summed E-state index contributed by atoms with van der Waals surface area (Å²) in [5, 5.41) is 7.29. The van der Waals surface area contributed by atoms with Crippen molar-refractivity contribution in [2.24, 2.45) is 0 Å². The van der Waals surface area contributed by atoms with Gasteiger partial charge in [0.1, 0.15) is 0 Å². The molecule has 0 saturated carbocycles. The minimum absolute atomic E-state index is 0.00569. The summed E-state index contributed by atoms with van der Waals surface area (Å²) in [5.74, 6) is -0.424. The summed E-state index contributed by atoms with van der Waals surface area (Å²) in [7, 11) is 1.34. The molecule has 6 heteroatoms. The van der Waals surface area contributed by atoms with E-state index < -0.39 is 5.97 Å². The van der Waals surface area contributed by atoms with Crippen LogP contribution in [0.1, 0.15) is 43.1 Å². The van der Waals surface area contributed by atoms with Crippen LogP contribution in [0.5, 0.6) is 0 Å². The van der Waals surface area contributed by atoms with Crippen molar-refractivity contribution in [1.82, 2.24) is 5.32 Å². The lowest BCUT2D eigenvalue weighted by molar-refractivity contribution is 0.0601. The second-order valence-corrected chi connectivity index (χ2v) is 7.96. The molecule has 2 rings (SSSR count). The van der Waals surface area contributed by atoms with E-state index in [0.717, 1.165) is 6.42 Å². The van der Waals surface area contributed by atoms with E-state index in [4.69, 9.17) is 28.6 Å². The van der Waals surface area contributed by atoms with E-state index >= 15 is 0 Å². The Morgan fingerprint density at radius 3 is 2.52 bits per heavy atom. The molecule has 0 unspecified atom stereocenters. The van der Waals surface area contributed by atoms with Crippen molar-refractivity contribution in [3.05, 3.63) is 64.7 Å². The fourth-order valence-corrected chi connectivity index (χ4v) is 3.55. The predicted molar refractivity (Wildman–Crippen MR) is 116 cm³/mol. The molecule has 2 N–H and O–H groups in total. The van der Waals surface area contributed by atoms with Gasteiger partial charge in [0.15, 0.2) is 5.11 Å². The number of benzene rings is 2. The van der Waals surface area contributed by atoms with Crippen LogP contribution in [0.25, 0.3) is 0 Å². The minimum Gasteiger partial charge on any atom is -0.465 e. The number of hydrogen-bond donors (Lipinski definition) is 2. The van der Waals surface area contributed by atoms with Crippen molar-refractivity contribution >= 4 is 40.6 Å². The highest BCUT2D eigenvalue weighted by molar-refractivity contribution is 7.80. The normalized spacial score (nSPS) is 12.2. The van der Waals surface area contributed by atoms with Crippen LogP contribution in [0, 0.1) is 0 Å². The average Bonchev–Trinajstić information content (AvgIpc) is 2.63. The number of halogens is 1. The van der Waals surface area contributed by atoms with Crippen LogP contribution in [0.4, 0.5) is 5.69 Å². The first kappa shape index (κ1) is 21.2. The quantitative estimate of drug-likeness (QED) is 0.513. The van der Waals surface area contributed by atoms with Crippen LogP contribution in [0.15, 0.2) is 48.5 Å². The Morgan fingerprint density at radius 1 is 1.22 bits per heavy atom. The zero-order valence-electron chi connectivity index (χ0n) is 16.0. The smallest absolute Gasteiger partial charge is 0.337 e. The molecule has 0 aliphatic rings. The Bertz CT molecular complexity index is 809. The van der Waals surface area contributed by atoms with Gasteiger partial charge in [0.25, 0.3) is 0 Å². The van der Waals surface area contributed by atoms with Gasteiger partial charge < -0.3 is 15.4 Å². The molecule has 4 nitrogen and oxygen atoms in total. The molecule has 0 aliphatic carbocycles. The van der Waals surface area contributed by atoms with E-state index in [1.54, 1.807) is 18.2 Å². The number of anilines is 1. The molecule has 0 fully saturated rings. The Hall–Kier alpha value is -2.11. The Labute approximate surface area is 171 Å². The molecule has 2 aromatic rings. The number of thiocarbonyl (C=S) groups is 1. The van der Waals surface area contributed by atoms with E-state index in [0.29, 0.717) is 21.4 Å².